The number of nitrogens with two attached hydrogens (primary N) is 1. The molecule has 0 aromatic carbocycles. The van der Waals surface area contributed by atoms with Crippen LogP contribution in [0.15, 0.2) is 10.6 Å². The minimum absolute atomic E-state index is 0.0198. The van der Waals surface area contributed by atoms with Gasteiger partial charge in [0.2, 0.25) is 5.91 Å². The van der Waals surface area contributed by atoms with E-state index in [1.807, 2.05) is 4.90 Å². The molecule has 2 amide bonds. The maximum atomic E-state index is 12.4. The number of hydrogen-bond donors (Lipinski definition) is 3. The van der Waals surface area contributed by atoms with Crippen LogP contribution in [0.2, 0.25) is 0 Å². The molecule has 0 spiro atoms. The number of nitrogens with zero attached hydrogens (tertiary/aromatic N) is 2. The number of aliphatic hydroxyl groups is 1. The Morgan fingerprint density at radius 1 is 1.26 bits per heavy atom. The van der Waals surface area contributed by atoms with Crippen molar-refractivity contribution in [2.45, 2.75) is 69.4 Å². The molecule has 0 aliphatic heterocycles. The lowest BCUT2D eigenvalue weighted by molar-refractivity contribution is -0.135. The van der Waals surface area contributed by atoms with E-state index < -0.39 is 0 Å². The van der Waals surface area contributed by atoms with Crippen molar-refractivity contribution in [3.63, 3.8) is 0 Å². The van der Waals surface area contributed by atoms with Gasteiger partial charge in [0, 0.05) is 37.0 Å². The van der Waals surface area contributed by atoms with Gasteiger partial charge in [-0.25, -0.2) is 0 Å². The van der Waals surface area contributed by atoms with E-state index >= 15 is 0 Å². The number of amides is 2. The van der Waals surface area contributed by atoms with Crippen molar-refractivity contribution in [2.24, 2.45) is 5.73 Å². The number of carbonyl (C=O) groups excluding carboxylic acids is 2. The van der Waals surface area contributed by atoms with Crippen LogP contribution >= 0.6 is 0 Å². The molecule has 150 valence electrons. The fourth-order valence-electron chi connectivity index (χ4n) is 3.76. The van der Waals surface area contributed by atoms with Crippen molar-refractivity contribution in [2.75, 3.05) is 19.7 Å². The summed E-state index contributed by atoms with van der Waals surface area (Å²) in [4.78, 5) is 26.5. The van der Waals surface area contributed by atoms with Crippen LogP contribution in [0, 0.1) is 0 Å². The Labute approximate surface area is 159 Å². The molecule has 1 aromatic rings. The number of aromatic nitrogens is 1. The van der Waals surface area contributed by atoms with Crippen LogP contribution in [0.1, 0.15) is 73.5 Å². The zero-order chi connectivity index (χ0) is 19.2. The Hall–Kier alpha value is -1.93. The van der Waals surface area contributed by atoms with Gasteiger partial charge in [0.1, 0.15) is 5.76 Å². The third kappa shape index (κ3) is 5.29. The molecule has 8 heteroatoms. The third-order valence-corrected chi connectivity index (χ3v) is 5.46. The van der Waals surface area contributed by atoms with Crippen molar-refractivity contribution in [1.82, 2.24) is 15.4 Å². The molecule has 2 aliphatic carbocycles. The molecule has 8 nitrogen and oxygen atoms in total. The average Bonchev–Trinajstić information content (AvgIpc) is 3.40. The first-order chi connectivity index (χ1) is 13.1. The van der Waals surface area contributed by atoms with Gasteiger partial charge in [-0.15, -0.1) is 0 Å². The summed E-state index contributed by atoms with van der Waals surface area (Å²) in [6.07, 6.45) is 6.41. The van der Waals surface area contributed by atoms with E-state index in [2.05, 4.69) is 10.5 Å². The normalized spacial score (nSPS) is 22.4. The second-order valence-corrected chi connectivity index (χ2v) is 7.57. The van der Waals surface area contributed by atoms with Gasteiger partial charge in [0.15, 0.2) is 5.69 Å². The Balaban J connectivity index is 1.49. The molecule has 2 saturated carbocycles. The summed E-state index contributed by atoms with van der Waals surface area (Å²) in [6, 6.07) is 1.98. The quantitative estimate of drug-likeness (QED) is 0.593. The first-order valence-electron chi connectivity index (χ1n) is 10.00. The largest absolute Gasteiger partial charge is 0.396 e. The minimum atomic E-state index is -0.189. The summed E-state index contributed by atoms with van der Waals surface area (Å²) in [5, 5.41) is 16.0. The first kappa shape index (κ1) is 19.8. The van der Waals surface area contributed by atoms with Crippen LogP contribution < -0.4 is 11.1 Å². The van der Waals surface area contributed by atoms with E-state index in [0.717, 1.165) is 50.7 Å². The Bertz CT molecular complexity index is 635. The highest BCUT2D eigenvalue weighted by atomic mass is 16.5. The van der Waals surface area contributed by atoms with Crippen molar-refractivity contribution < 1.29 is 19.2 Å². The monoisotopic (exact) mass is 378 g/mol. The second-order valence-electron chi connectivity index (χ2n) is 7.57. The minimum Gasteiger partial charge on any atom is -0.396 e. The Morgan fingerprint density at radius 2 is 2.00 bits per heavy atom. The summed E-state index contributed by atoms with van der Waals surface area (Å²) < 4.78 is 5.25. The van der Waals surface area contributed by atoms with Crippen molar-refractivity contribution in [1.29, 1.82) is 0 Å². The maximum Gasteiger partial charge on any atom is 0.273 e. The number of aliphatic hydroxyl groups excluding tert-OH is 1. The van der Waals surface area contributed by atoms with Crippen molar-refractivity contribution in [3.8, 4) is 0 Å². The average molecular weight is 378 g/mol. The van der Waals surface area contributed by atoms with Gasteiger partial charge >= 0.3 is 0 Å². The number of nitrogens with one attached hydrogen (secondary N) is 1. The van der Waals surface area contributed by atoms with E-state index in [0.29, 0.717) is 24.7 Å². The number of hydrogen-bond acceptors (Lipinski definition) is 6. The number of rotatable bonds is 9. The first-order valence-corrected chi connectivity index (χ1v) is 10.00. The van der Waals surface area contributed by atoms with Crippen LogP contribution in [-0.4, -0.2) is 58.8 Å². The van der Waals surface area contributed by atoms with Crippen LogP contribution in [0.4, 0.5) is 0 Å². The molecule has 1 aromatic heterocycles. The molecule has 0 unspecified atom stereocenters. The van der Waals surface area contributed by atoms with E-state index in [-0.39, 0.29) is 36.9 Å². The summed E-state index contributed by atoms with van der Waals surface area (Å²) in [5.41, 5.74) is 5.94. The molecule has 4 N–H and O–H groups in total. The Morgan fingerprint density at radius 3 is 2.63 bits per heavy atom. The zero-order valence-electron chi connectivity index (χ0n) is 15.7. The fraction of sp³-hybridized carbons (Fsp3) is 0.737. The van der Waals surface area contributed by atoms with Gasteiger partial charge in [-0.3, -0.25) is 9.59 Å². The highest BCUT2D eigenvalue weighted by molar-refractivity contribution is 5.92. The molecule has 0 atom stereocenters. The lowest BCUT2D eigenvalue weighted by Crippen LogP contribution is -2.47. The van der Waals surface area contributed by atoms with E-state index in [1.54, 1.807) is 6.07 Å². The molecule has 2 fully saturated rings. The molecule has 1 heterocycles. The summed E-state index contributed by atoms with van der Waals surface area (Å²) in [6.45, 7) is 1.03. The van der Waals surface area contributed by atoms with Crippen LogP contribution in [0.5, 0.6) is 0 Å². The smallest absolute Gasteiger partial charge is 0.273 e. The summed E-state index contributed by atoms with van der Waals surface area (Å²) >= 11 is 0. The highest BCUT2D eigenvalue weighted by Crippen LogP contribution is 2.40. The molecular weight excluding hydrogens is 348 g/mol. The van der Waals surface area contributed by atoms with Crippen LogP contribution in [-0.2, 0) is 4.79 Å². The van der Waals surface area contributed by atoms with E-state index in [4.69, 9.17) is 15.4 Å². The molecule has 0 bridgehead atoms. The highest BCUT2D eigenvalue weighted by Gasteiger charge is 2.31. The van der Waals surface area contributed by atoms with Gasteiger partial charge in [-0.1, -0.05) is 5.16 Å². The molecule has 0 saturated heterocycles. The number of carbonyl (C=O) groups is 2. The lowest BCUT2D eigenvalue weighted by atomic mass is 9.89. The summed E-state index contributed by atoms with van der Waals surface area (Å²) in [7, 11) is 0. The predicted molar refractivity (Wildman–Crippen MR) is 99.1 cm³/mol. The van der Waals surface area contributed by atoms with E-state index in [9.17, 15) is 9.59 Å². The topological polar surface area (TPSA) is 122 Å². The fourth-order valence-corrected chi connectivity index (χ4v) is 3.76. The van der Waals surface area contributed by atoms with Gasteiger partial charge in [-0.2, -0.15) is 0 Å². The van der Waals surface area contributed by atoms with Gasteiger partial charge in [0.05, 0.1) is 6.61 Å². The van der Waals surface area contributed by atoms with Crippen LogP contribution in [0.3, 0.4) is 0 Å². The van der Waals surface area contributed by atoms with Gasteiger partial charge in [0.25, 0.3) is 5.91 Å². The standard InChI is InChI=1S/C19H30N4O4/c20-9-1-10-23(18(25)8-11-24)15-6-4-14(5-7-15)21-19(26)16-12-17(27-22-16)13-2-3-13/h12-15,24H,1-11,20H2,(H,21,26)/t14-,15-. The predicted octanol–water partition coefficient (Wildman–Crippen LogP) is 1.15. The molecule has 2 aliphatic rings. The zero-order valence-corrected chi connectivity index (χ0v) is 15.7. The van der Waals surface area contributed by atoms with Crippen molar-refractivity contribution in [3.05, 3.63) is 17.5 Å². The lowest BCUT2D eigenvalue weighted by Gasteiger charge is -2.37. The molecular formula is C19H30N4O4. The molecule has 3 rings (SSSR count). The summed E-state index contributed by atoms with van der Waals surface area (Å²) in [5.74, 6) is 1.03. The SMILES string of the molecule is NCCCN(C(=O)CCO)[C@H]1CC[C@H](NC(=O)c2cc(C3CC3)on2)CC1. The molecule has 0 radical (unpaired) electrons. The Kier molecular flexibility index (Phi) is 6.84. The maximum absolute atomic E-state index is 12.4. The van der Waals surface area contributed by atoms with Crippen LogP contribution in [0.25, 0.3) is 0 Å². The van der Waals surface area contributed by atoms with Gasteiger partial charge < -0.3 is 25.6 Å². The second kappa shape index (κ2) is 9.32. The molecule has 27 heavy (non-hydrogen) atoms. The van der Waals surface area contributed by atoms with Gasteiger partial charge in [-0.05, 0) is 51.5 Å². The van der Waals surface area contributed by atoms with Crippen molar-refractivity contribution >= 4 is 11.8 Å². The third-order valence-electron chi connectivity index (χ3n) is 5.46. The van der Waals surface area contributed by atoms with E-state index in [1.165, 1.54) is 0 Å².